The van der Waals surface area contributed by atoms with Crippen LogP contribution in [0.4, 0.5) is 5.69 Å². The summed E-state index contributed by atoms with van der Waals surface area (Å²) in [5.74, 6) is -0.500. The monoisotopic (exact) mass is 261 g/mol. The first-order chi connectivity index (χ1) is 8.62. The van der Waals surface area contributed by atoms with Crippen molar-refractivity contribution in [2.45, 2.75) is 0 Å². The van der Waals surface area contributed by atoms with Crippen LogP contribution in [0.15, 0.2) is 30.0 Å². The molecule has 5 nitrogen and oxygen atoms in total. The molecule has 0 aliphatic rings. The molecule has 90 valence electrons. The molecule has 0 heterocycles. The quantitative estimate of drug-likeness (QED) is 0.667. The summed E-state index contributed by atoms with van der Waals surface area (Å²) in [5, 5.41) is 20.2. The highest BCUT2D eigenvalue weighted by Crippen LogP contribution is 2.23. The Morgan fingerprint density at radius 1 is 1.44 bits per heavy atom. The van der Waals surface area contributed by atoms with Gasteiger partial charge in [0.05, 0.1) is 23.4 Å². The van der Waals surface area contributed by atoms with E-state index < -0.39 is 5.97 Å². The number of allylic oxidation sites excluding steroid dienone is 1. The number of hydrogen-bond acceptors (Lipinski definition) is 5. The molecule has 1 rings (SSSR count). The van der Waals surface area contributed by atoms with E-state index in [0.29, 0.717) is 16.3 Å². The predicted octanol–water partition coefficient (Wildman–Crippen LogP) is 2.47. The number of halogens is 1. The number of benzene rings is 1. The van der Waals surface area contributed by atoms with E-state index in [1.807, 2.05) is 0 Å². The van der Waals surface area contributed by atoms with E-state index >= 15 is 0 Å². The topological polar surface area (TPSA) is 85.9 Å². The summed E-state index contributed by atoms with van der Waals surface area (Å²) in [4.78, 5) is 11.3. The van der Waals surface area contributed by atoms with Crippen molar-refractivity contribution in [1.82, 2.24) is 0 Å². The van der Waals surface area contributed by atoms with Gasteiger partial charge in [-0.2, -0.15) is 10.5 Å². The van der Waals surface area contributed by atoms with Gasteiger partial charge in [-0.3, -0.25) is 0 Å². The number of methoxy groups -OCH3 is 1. The number of anilines is 1. The Kier molecular flexibility index (Phi) is 4.74. The number of esters is 1. The van der Waals surface area contributed by atoms with Gasteiger partial charge < -0.3 is 10.1 Å². The van der Waals surface area contributed by atoms with Crippen LogP contribution in [0.25, 0.3) is 0 Å². The molecule has 0 atom stereocenters. The average Bonchev–Trinajstić information content (AvgIpc) is 2.40. The number of carbonyl (C=O) groups excluding carboxylic acids is 1. The fourth-order valence-corrected chi connectivity index (χ4v) is 1.29. The first-order valence-corrected chi connectivity index (χ1v) is 5.15. The lowest BCUT2D eigenvalue weighted by Gasteiger charge is -2.06. The maximum absolute atomic E-state index is 11.3. The van der Waals surface area contributed by atoms with Gasteiger partial charge in [0.1, 0.15) is 17.7 Å². The third-order valence-corrected chi connectivity index (χ3v) is 2.33. The number of nitrogens with one attached hydrogen (secondary N) is 1. The van der Waals surface area contributed by atoms with Crippen molar-refractivity contribution in [3.8, 4) is 12.1 Å². The Balaban J connectivity index is 3.03. The van der Waals surface area contributed by atoms with Crippen molar-refractivity contribution in [2.75, 3.05) is 12.4 Å². The van der Waals surface area contributed by atoms with E-state index in [9.17, 15) is 4.79 Å². The van der Waals surface area contributed by atoms with Gasteiger partial charge in [-0.25, -0.2) is 4.79 Å². The van der Waals surface area contributed by atoms with Crippen LogP contribution in [0.1, 0.15) is 10.4 Å². The highest BCUT2D eigenvalue weighted by molar-refractivity contribution is 6.33. The maximum atomic E-state index is 11.3. The van der Waals surface area contributed by atoms with E-state index in [2.05, 4.69) is 10.1 Å². The molecule has 0 aliphatic heterocycles. The standard InChI is InChI=1S/C12H8ClN3O2/c1-18-12(17)9-2-3-10(13)11(4-9)16-7-8(5-14)6-15/h2-4,7,16H,1H3. The maximum Gasteiger partial charge on any atom is 0.337 e. The number of hydrogen-bond donors (Lipinski definition) is 1. The summed E-state index contributed by atoms with van der Waals surface area (Å²) < 4.78 is 4.57. The molecule has 0 unspecified atom stereocenters. The second-order valence-corrected chi connectivity index (χ2v) is 3.52. The highest BCUT2D eigenvalue weighted by Gasteiger charge is 2.08. The van der Waals surface area contributed by atoms with Gasteiger partial charge in [0.25, 0.3) is 0 Å². The van der Waals surface area contributed by atoms with Gasteiger partial charge in [-0.15, -0.1) is 0 Å². The van der Waals surface area contributed by atoms with Crippen LogP contribution in [0.5, 0.6) is 0 Å². The van der Waals surface area contributed by atoms with Gasteiger partial charge in [-0.05, 0) is 18.2 Å². The summed E-state index contributed by atoms with van der Waals surface area (Å²) in [5.41, 5.74) is 0.616. The van der Waals surface area contributed by atoms with Crippen LogP contribution < -0.4 is 5.32 Å². The molecule has 0 aromatic heterocycles. The first-order valence-electron chi connectivity index (χ1n) is 4.77. The molecule has 0 spiro atoms. The smallest absolute Gasteiger partial charge is 0.337 e. The van der Waals surface area contributed by atoms with Crippen molar-refractivity contribution in [3.63, 3.8) is 0 Å². The molecule has 0 fully saturated rings. The van der Waals surface area contributed by atoms with Gasteiger partial charge >= 0.3 is 5.97 Å². The zero-order valence-corrected chi connectivity index (χ0v) is 10.2. The zero-order valence-electron chi connectivity index (χ0n) is 9.40. The number of ether oxygens (including phenoxy) is 1. The Labute approximate surface area is 109 Å². The number of rotatable bonds is 3. The Morgan fingerprint density at radius 3 is 2.67 bits per heavy atom. The minimum absolute atomic E-state index is 0.102. The Bertz CT molecular complexity index is 566. The molecule has 0 aliphatic carbocycles. The Morgan fingerprint density at radius 2 is 2.11 bits per heavy atom. The minimum atomic E-state index is -0.500. The first kappa shape index (κ1) is 13.6. The summed E-state index contributed by atoms with van der Waals surface area (Å²) in [6.45, 7) is 0. The van der Waals surface area contributed by atoms with E-state index in [1.54, 1.807) is 12.1 Å². The molecule has 1 aromatic carbocycles. The molecular formula is C12H8ClN3O2. The number of nitriles is 2. The lowest BCUT2D eigenvalue weighted by Crippen LogP contribution is -2.02. The lowest BCUT2D eigenvalue weighted by atomic mass is 10.2. The van der Waals surface area contributed by atoms with Gasteiger partial charge in [0, 0.05) is 6.20 Å². The zero-order chi connectivity index (χ0) is 13.5. The average molecular weight is 262 g/mol. The summed E-state index contributed by atoms with van der Waals surface area (Å²) in [6, 6.07) is 7.88. The Hall–Kier alpha value is -2.50. The van der Waals surface area contributed by atoms with Crippen molar-refractivity contribution in [2.24, 2.45) is 0 Å². The summed E-state index contributed by atoms with van der Waals surface area (Å²) in [7, 11) is 1.27. The molecule has 18 heavy (non-hydrogen) atoms. The predicted molar refractivity (Wildman–Crippen MR) is 65.7 cm³/mol. The molecule has 0 saturated carbocycles. The van der Waals surface area contributed by atoms with Crippen LogP contribution in [0.3, 0.4) is 0 Å². The van der Waals surface area contributed by atoms with E-state index in [0.717, 1.165) is 0 Å². The molecular weight excluding hydrogens is 254 g/mol. The molecule has 0 saturated heterocycles. The van der Waals surface area contributed by atoms with E-state index in [1.165, 1.54) is 31.5 Å². The largest absolute Gasteiger partial charge is 0.465 e. The number of carbonyl (C=O) groups is 1. The molecule has 6 heteroatoms. The van der Waals surface area contributed by atoms with E-state index in [-0.39, 0.29) is 5.57 Å². The SMILES string of the molecule is COC(=O)c1ccc(Cl)c(NC=C(C#N)C#N)c1. The fourth-order valence-electron chi connectivity index (χ4n) is 1.12. The second-order valence-electron chi connectivity index (χ2n) is 3.11. The molecule has 1 aromatic rings. The van der Waals surface area contributed by atoms with Crippen molar-refractivity contribution in [3.05, 3.63) is 40.6 Å². The molecule has 0 bridgehead atoms. The summed E-state index contributed by atoms with van der Waals surface area (Å²) in [6.07, 6.45) is 1.21. The van der Waals surface area contributed by atoms with Crippen LogP contribution in [-0.2, 0) is 4.74 Å². The minimum Gasteiger partial charge on any atom is -0.465 e. The van der Waals surface area contributed by atoms with E-state index in [4.69, 9.17) is 22.1 Å². The van der Waals surface area contributed by atoms with Crippen molar-refractivity contribution < 1.29 is 9.53 Å². The van der Waals surface area contributed by atoms with Crippen molar-refractivity contribution in [1.29, 1.82) is 10.5 Å². The lowest BCUT2D eigenvalue weighted by molar-refractivity contribution is 0.0601. The van der Waals surface area contributed by atoms with Crippen LogP contribution >= 0.6 is 11.6 Å². The van der Waals surface area contributed by atoms with Crippen LogP contribution in [-0.4, -0.2) is 13.1 Å². The molecule has 0 radical (unpaired) electrons. The van der Waals surface area contributed by atoms with Crippen LogP contribution in [0, 0.1) is 22.7 Å². The van der Waals surface area contributed by atoms with Crippen LogP contribution in [0.2, 0.25) is 5.02 Å². The normalized spacial score (nSPS) is 8.67. The van der Waals surface area contributed by atoms with Gasteiger partial charge in [0.2, 0.25) is 0 Å². The van der Waals surface area contributed by atoms with Gasteiger partial charge in [-0.1, -0.05) is 11.6 Å². The summed E-state index contributed by atoms with van der Waals surface area (Å²) >= 11 is 5.90. The number of nitrogens with zero attached hydrogens (tertiary/aromatic N) is 2. The fraction of sp³-hybridized carbons (Fsp3) is 0.0833. The second kappa shape index (κ2) is 6.29. The molecule has 0 amide bonds. The van der Waals surface area contributed by atoms with Gasteiger partial charge in [0.15, 0.2) is 0 Å². The third-order valence-electron chi connectivity index (χ3n) is 2.00. The van der Waals surface area contributed by atoms with Crippen molar-refractivity contribution >= 4 is 23.3 Å². The third kappa shape index (κ3) is 3.24. The highest BCUT2D eigenvalue weighted by atomic mass is 35.5. The molecule has 1 N–H and O–H groups in total.